The number of hydrogen-bond acceptors (Lipinski definition) is 6. The number of benzene rings is 1. The first kappa shape index (κ1) is 28.0. The summed E-state index contributed by atoms with van der Waals surface area (Å²) in [6, 6.07) is 2.59. The lowest BCUT2D eigenvalue weighted by molar-refractivity contribution is -0.145. The third-order valence-electron chi connectivity index (χ3n) is 7.00. The molecule has 0 radical (unpaired) electrons. The van der Waals surface area contributed by atoms with E-state index in [1.807, 2.05) is 0 Å². The topological polar surface area (TPSA) is 86.7 Å². The van der Waals surface area contributed by atoms with Crippen LogP contribution in [0, 0.1) is 17.8 Å². The van der Waals surface area contributed by atoms with E-state index in [4.69, 9.17) is 9.47 Å². The Balaban J connectivity index is 1.61. The predicted molar refractivity (Wildman–Crippen MR) is 124 cm³/mol. The van der Waals surface area contributed by atoms with Gasteiger partial charge in [0.15, 0.2) is 17.3 Å². The van der Waals surface area contributed by atoms with E-state index in [2.05, 4.69) is 6.92 Å². The lowest BCUT2D eigenvalue weighted by Crippen LogP contribution is -2.41. The first-order chi connectivity index (χ1) is 17.1. The largest absolute Gasteiger partial charge is 0.463 e. The summed E-state index contributed by atoms with van der Waals surface area (Å²) in [4.78, 5) is 50.5. The van der Waals surface area contributed by atoms with Crippen LogP contribution in [0.5, 0.6) is 0 Å². The summed E-state index contributed by atoms with van der Waals surface area (Å²) in [5, 5.41) is 0. The highest BCUT2D eigenvalue weighted by molar-refractivity contribution is 6.26. The van der Waals surface area contributed by atoms with E-state index >= 15 is 0 Å². The van der Waals surface area contributed by atoms with Crippen molar-refractivity contribution in [2.75, 3.05) is 13.2 Å². The summed E-state index contributed by atoms with van der Waals surface area (Å²) in [7, 11) is 0. The Morgan fingerprint density at radius 1 is 0.972 bits per heavy atom. The Bertz CT molecular complexity index is 949. The van der Waals surface area contributed by atoms with Crippen molar-refractivity contribution in [2.45, 2.75) is 77.5 Å². The maximum Gasteiger partial charge on any atom is 0.416 e. The standard InChI is InChI=1S/C27H33F3O6/c1-2-3-4-5-6-7-22(31)36-13-12-35-16-19-15-20(27(28,29)30)10-11-21(19)26(34)23-24(32)17-8-9-18(14-17)25(23)33/h10-11,15,17-18,23H,2-9,12-14,16H2,1H3. The number of ketones is 3. The van der Waals surface area contributed by atoms with E-state index in [9.17, 15) is 32.3 Å². The summed E-state index contributed by atoms with van der Waals surface area (Å²) in [6.07, 6.45) is 2.17. The Kier molecular flexibility index (Phi) is 9.82. The molecule has 2 atom stereocenters. The molecule has 1 aromatic rings. The molecule has 9 heteroatoms. The van der Waals surface area contributed by atoms with E-state index in [1.54, 1.807) is 0 Å². The monoisotopic (exact) mass is 510 g/mol. The second kappa shape index (κ2) is 12.6. The molecular weight excluding hydrogens is 477 g/mol. The van der Waals surface area contributed by atoms with Crippen molar-refractivity contribution in [2.24, 2.45) is 17.8 Å². The number of rotatable bonds is 13. The molecule has 2 aliphatic rings. The minimum atomic E-state index is -4.64. The fourth-order valence-corrected chi connectivity index (χ4v) is 5.00. The molecule has 0 amide bonds. The number of hydrogen-bond donors (Lipinski definition) is 0. The van der Waals surface area contributed by atoms with E-state index in [1.165, 1.54) is 0 Å². The van der Waals surface area contributed by atoms with E-state index < -0.39 is 35.0 Å². The molecule has 0 spiro atoms. The molecule has 36 heavy (non-hydrogen) atoms. The predicted octanol–water partition coefficient (Wildman–Crippen LogP) is 5.49. The van der Waals surface area contributed by atoms with Gasteiger partial charge < -0.3 is 9.47 Å². The van der Waals surface area contributed by atoms with Gasteiger partial charge in [0.1, 0.15) is 12.5 Å². The maximum atomic E-state index is 13.3. The fraction of sp³-hybridized carbons (Fsp3) is 0.630. The molecular formula is C27H33F3O6. The minimum Gasteiger partial charge on any atom is -0.463 e. The molecule has 2 unspecified atom stereocenters. The van der Waals surface area contributed by atoms with Crippen molar-refractivity contribution in [3.8, 4) is 0 Å². The van der Waals surface area contributed by atoms with Gasteiger partial charge in [-0.2, -0.15) is 13.2 Å². The lowest BCUT2D eigenvalue weighted by Gasteiger charge is -2.25. The zero-order chi connectivity index (χ0) is 26.3. The average Bonchev–Trinajstić information content (AvgIpc) is 3.29. The molecule has 1 aromatic carbocycles. The van der Waals surface area contributed by atoms with Gasteiger partial charge in [-0.15, -0.1) is 0 Å². The summed E-state index contributed by atoms with van der Waals surface area (Å²) in [5.41, 5.74) is -1.15. The van der Waals surface area contributed by atoms with Crippen LogP contribution in [0.4, 0.5) is 13.2 Å². The maximum absolute atomic E-state index is 13.3. The van der Waals surface area contributed by atoms with Gasteiger partial charge in [0, 0.05) is 23.8 Å². The van der Waals surface area contributed by atoms with Crippen LogP contribution in [0.25, 0.3) is 0 Å². The normalized spacial score (nSPS) is 21.6. The lowest BCUT2D eigenvalue weighted by atomic mass is 9.75. The highest BCUT2D eigenvalue weighted by Gasteiger charge is 2.50. The van der Waals surface area contributed by atoms with Gasteiger partial charge in [-0.3, -0.25) is 19.2 Å². The molecule has 6 nitrogen and oxygen atoms in total. The van der Waals surface area contributed by atoms with Crippen molar-refractivity contribution in [1.29, 1.82) is 0 Å². The highest BCUT2D eigenvalue weighted by atomic mass is 19.4. The second-order valence-electron chi connectivity index (χ2n) is 9.62. The first-order valence-electron chi connectivity index (χ1n) is 12.7. The quantitative estimate of drug-likeness (QED) is 0.151. The molecule has 0 heterocycles. The van der Waals surface area contributed by atoms with Crippen LogP contribution in [0.2, 0.25) is 0 Å². The molecule has 0 N–H and O–H groups in total. The van der Waals surface area contributed by atoms with Crippen molar-refractivity contribution in [1.82, 2.24) is 0 Å². The molecule has 3 rings (SSSR count). The highest BCUT2D eigenvalue weighted by Crippen LogP contribution is 2.42. The van der Waals surface area contributed by atoms with Gasteiger partial charge in [0.05, 0.1) is 18.8 Å². The summed E-state index contributed by atoms with van der Waals surface area (Å²) < 4.78 is 50.4. The van der Waals surface area contributed by atoms with Crippen LogP contribution in [0.3, 0.4) is 0 Å². The Morgan fingerprint density at radius 3 is 2.28 bits per heavy atom. The van der Waals surface area contributed by atoms with Crippen molar-refractivity contribution in [3.05, 3.63) is 34.9 Å². The first-order valence-corrected chi connectivity index (χ1v) is 12.7. The Hall–Kier alpha value is -2.55. The number of Topliss-reactive ketones (excluding diaryl/α,β-unsaturated/α-hetero) is 3. The molecule has 0 aliphatic heterocycles. The third-order valence-corrected chi connectivity index (χ3v) is 7.00. The zero-order valence-corrected chi connectivity index (χ0v) is 20.5. The number of ether oxygens (including phenoxy) is 2. The molecule has 2 fully saturated rings. The smallest absolute Gasteiger partial charge is 0.416 e. The van der Waals surface area contributed by atoms with Crippen LogP contribution >= 0.6 is 0 Å². The number of carbonyl (C=O) groups is 4. The molecule has 2 aliphatic carbocycles. The average molecular weight is 511 g/mol. The van der Waals surface area contributed by atoms with Gasteiger partial charge in [-0.05, 0) is 43.4 Å². The van der Waals surface area contributed by atoms with Gasteiger partial charge in [-0.25, -0.2) is 0 Å². The minimum absolute atomic E-state index is 0.0596. The molecule has 0 aromatic heterocycles. The van der Waals surface area contributed by atoms with E-state index in [0.717, 1.165) is 50.3 Å². The SMILES string of the molecule is CCCCCCCC(=O)OCCOCc1cc(C(F)(F)F)ccc1C(=O)C1C(=O)C2CCC(C2)C1=O. The van der Waals surface area contributed by atoms with E-state index in [-0.39, 0.29) is 48.8 Å². The van der Waals surface area contributed by atoms with Crippen LogP contribution < -0.4 is 0 Å². The van der Waals surface area contributed by atoms with Gasteiger partial charge >= 0.3 is 12.1 Å². The molecule has 198 valence electrons. The van der Waals surface area contributed by atoms with Gasteiger partial charge in [0.25, 0.3) is 0 Å². The third kappa shape index (κ3) is 7.02. The molecule has 0 saturated heterocycles. The van der Waals surface area contributed by atoms with Crippen LogP contribution in [-0.2, 0) is 36.6 Å². The number of carbonyl (C=O) groups excluding carboxylic acids is 4. The summed E-state index contributed by atoms with van der Waals surface area (Å²) >= 11 is 0. The fourth-order valence-electron chi connectivity index (χ4n) is 5.00. The van der Waals surface area contributed by atoms with Crippen molar-refractivity contribution < 1.29 is 41.8 Å². The second-order valence-corrected chi connectivity index (χ2v) is 9.62. The number of fused-ring (bicyclic) bond motifs is 2. The van der Waals surface area contributed by atoms with Crippen molar-refractivity contribution in [3.63, 3.8) is 0 Å². The van der Waals surface area contributed by atoms with E-state index in [0.29, 0.717) is 25.7 Å². The van der Waals surface area contributed by atoms with Crippen molar-refractivity contribution >= 4 is 23.3 Å². The molecule has 2 bridgehead atoms. The van der Waals surface area contributed by atoms with Crippen LogP contribution in [-0.4, -0.2) is 36.5 Å². The number of alkyl halides is 3. The Labute approximate surface area is 208 Å². The molecule has 2 saturated carbocycles. The zero-order valence-electron chi connectivity index (χ0n) is 20.5. The number of halogens is 3. The van der Waals surface area contributed by atoms with Gasteiger partial charge in [-0.1, -0.05) is 38.7 Å². The number of unbranched alkanes of at least 4 members (excludes halogenated alkanes) is 4. The summed E-state index contributed by atoms with van der Waals surface area (Å²) in [5.74, 6) is -4.18. The van der Waals surface area contributed by atoms with Crippen LogP contribution in [0.15, 0.2) is 18.2 Å². The van der Waals surface area contributed by atoms with Gasteiger partial charge in [0.2, 0.25) is 0 Å². The Morgan fingerprint density at radius 2 is 1.64 bits per heavy atom. The number of esters is 1. The summed E-state index contributed by atoms with van der Waals surface area (Å²) in [6.45, 7) is 1.60. The van der Waals surface area contributed by atoms with Crippen LogP contribution in [0.1, 0.15) is 86.2 Å².